The van der Waals surface area contributed by atoms with Gasteiger partial charge in [0.1, 0.15) is 23.0 Å². The van der Waals surface area contributed by atoms with Gasteiger partial charge in [-0.3, -0.25) is 0 Å². The third kappa shape index (κ3) is 22.0. The van der Waals surface area contributed by atoms with Crippen LogP contribution < -0.4 is 18.6 Å². The predicted molar refractivity (Wildman–Crippen MR) is 447 cm³/mol. The molecular weight excluding hydrogens is 1420 g/mol. The molecule has 112 heavy (non-hydrogen) atoms. The minimum Gasteiger partial charge on any atom is -0.524 e. The first-order valence-corrected chi connectivity index (χ1v) is 40.8. The van der Waals surface area contributed by atoms with Gasteiger partial charge in [0.15, 0.2) is 0 Å². The van der Waals surface area contributed by atoms with E-state index in [1.807, 2.05) is 104 Å². The number of benzene rings is 4. The van der Waals surface area contributed by atoms with Gasteiger partial charge in [0.25, 0.3) is 0 Å². The molecule has 2 atom stereocenters. The second-order valence-corrected chi connectivity index (χ2v) is 40.8. The standard InChI is InChI=1S/C19H23BO2.C14H28B2O4.C12H8B2O4.2C12H24B2O4.C10H20B2O4/c1-18(2)19(3,4)22-20(21-18)16-11-14-9-5-7-13-8-6-10-15(12-16)17(13)14;1-11(2)9-12(3,4)18-15(17-11)16-19-13(5,6)10-14(7,8)20-16;1-2-6-10-9(5-1)15-13(16-10)14-17-11-7-3-4-8-12(11)18-14;1-9-7-11(3,4)17-13(15-9)14-16-10(2)8-12(5,6)18-14;1-9(2)10(3,4)16-13(15-9)14-17-11(5,6)12(7,8)18-14;1-9(2)5-13-11(14-6-9)12-15-7-10(3,4)8-16-12/h5-10,16H,11-12H2,1-4H3;9-10H2,1-8H3;1-8H;9-10H,7-8H2,1-6H3;1-8H3;5-8H2,1-4H3. The first-order valence-electron chi connectivity index (χ1n) is 40.8. The molecule has 2 unspecified atom stereocenters. The van der Waals surface area contributed by atoms with Crippen LogP contribution in [-0.2, 0) is 96.6 Å². The third-order valence-electron chi connectivity index (χ3n) is 23.2. The normalized spacial score (nSPS) is 27.6. The summed E-state index contributed by atoms with van der Waals surface area (Å²) in [4.78, 5) is 0. The molecule has 0 bridgehead atoms. The Morgan fingerprint density at radius 3 is 0.830 bits per heavy atom. The zero-order valence-corrected chi connectivity index (χ0v) is 73.2. The highest BCUT2D eigenvalue weighted by molar-refractivity contribution is 7.13. The summed E-state index contributed by atoms with van der Waals surface area (Å²) in [6, 6.07) is 28.3. The monoisotopic (exact) mass is 1550 g/mol. The zero-order chi connectivity index (χ0) is 82.2. The molecule has 0 radical (unpaired) electrons. The van der Waals surface area contributed by atoms with Gasteiger partial charge in [0.2, 0.25) is 0 Å². The van der Waals surface area contributed by atoms with E-state index in [0.717, 1.165) is 38.5 Å². The van der Waals surface area contributed by atoms with E-state index < -0.39 is 56.1 Å². The highest BCUT2D eigenvalue weighted by atomic mass is 16.7. The first kappa shape index (κ1) is 89.1. The average molecular weight is 1550 g/mol. The predicted octanol–water partition coefficient (Wildman–Crippen LogP) is 15.1. The number of rotatable bonds is 6. The molecule has 0 N–H and O–H groups in total. The lowest BCUT2D eigenvalue weighted by Gasteiger charge is -2.49. The summed E-state index contributed by atoms with van der Waals surface area (Å²) >= 11 is 0. The molecule has 1 aliphatic carbocycles. The minimum atomic E-state index is -0.574. The molecule has 0 aromatic heterocycles. The molecule has 11 aliphatic heterocycles. The van der Waals surface area contributed by atoms with Crippen LogP contribution in [0.1, 0.15) is 245 Å². The van der Waals surface area contributed by atoms with E-state index >= 15 is 0 Å². The minimum absolute atomic E-state index is 0.0877. The second kappa shape index (κ2) is 32.8. The maximum absolute atomic E-state index is 6.29. The van der Waals surface area contributed by atoms with Crippen molar-refractivity contribution >= 4 is 88.0 Å². The number of hydrogen-bond donors (Lipinski definition) is 0. The van der Waals surface area contributed by atoms with Gasteiger partial charge in [0, 0.05) is 68.1 Å². The Labute approximate surface area is 674 Å². The molecule has 4 aromatic carbocycles. The third-order valence-corrected chi connectivity index (χ3v) is 23.2. The van der Waals surface area contributed by atoms with E-state index in [4.69, 9.17) is 102 Å². The fourth-order valence-electron chi connectivity index (χ4n) is 16.2. The van der Waals surface area contributed by atoms with Crippen LogP contribution in [-0.4, -0.2) is 183 Å². The van der Waals surface area contributed by atoms with E-state index in [2.05, 4.69) is 189 Å². The highest BCUT2D eigenvalue weighted by Crippen LogP contribution is 2.48. The molecule has 11 heterocycles. The lowest BCUT2D eigenvalue weighted by Crippen LogP contribution is -2.64. The van der Waals surface area contributed by atoms with Gasteiger partial charge in [-0.15, -0.1) is 0 Å². The molecule has 12 aliphatic rings. The van der Waals surface area contributed by atoms with Crippen molar-refractivity contribution in [2.24, 2.45) is 10.8 Å². The van der Waals surface area contributed by atoms with Crippen molar-refractivity contribution < 1.29 is 102 Å². The van der Waals surface area contributed by atoms with Crippen LogP contribution in [0, 0.1) is 10.8 Å². The molecule has 9 saturated heterocycles. The van der Waals surface area contributed by atoms with Crippen LogP contribution in [0.15, 0.2) is 84.9 Å². The van der Waals surface area contributed by atoms with Crippen LogP contribution in [0.5, 0.6) is 23.0 Å². The Morgan fingerprint density at radius 2 is 0.545 bits per heavy atom. The molecule has 33 heteroatoms. The Balaban J connectivity index is 0.000000133. The molecule has 4 aromatic rings. The SMILES string of the molecule is CC1(C)CC(C)(C)OB(B2OC(C)(C)CC(C)(C)O2)O1.CC1(C)COB(B2OCC(C)(C)CO2)OC1.CC1(C)OB(B2OC(C)(C)C(C)(C)O2)OC1(C)C.CC1(C)OB(C2Cc3cccc4cccc(c34)C2)OC1(C)C.CC1CC(C)(C)OB(B2OC(C)CC(C)(C)O2)O1.c1ccc2c(c1)OB(B1Oc3ccccc3O1)O2. The topological polar surface area (TPSA) is 203 Å². The number of hydrogen-bond acceptors (Lipinski definition) is 22. The summed E-state index contributed by atoms with van der Waals surface area (Å²) in [6.45, 7) is 65.1. The molecule has 0 saturated carbocycles. The Hall–Kier alpha value is -3.67. The first-order chi connectivity index (χ1) is 51.5. The van der Waals surface area contributed by atoms with Gasteiger partial charge in [-0.25, -0.2) is 0 Å². The summed E-state index contributed by atoms with van der Waals surface area (Å²) in [5.41, 5.74) is -0.273. The van der Waals surface area contributed by atoms with Crippen LogP contribution in [0.4, 0.5) is 0 Å². The van der Waals surface area contributed by atoms with Crippen molar-refractivity contribution in [2.45, 2.75) is 331 Å². The molecule has 22 nitrogen and oxygen atoms in total. The number of para-hydroxylation sites is 4. The van der Waals surface area contributed by atoms with Crippen LogP contribution in [0.25, 0.3) is 10.8 Å². The van der Waals surface area contributed by atoms with Crippen molar-refractivity contribution in [3.8, 4) is 23.0 Å². The van der Waals surface area contributed by atoms with Gasteiger partial charge in [0.05, 0.1) is 67.2 Å². The fourth-order valence-corrected chi connectivity index (χ4v) is 16.2. The quantitative estimate of drug-likeness (QED) is 0.165. The van der Waals surface area contributed by atoms with Crippen LogP contribution in [0.3, 0.4) is 0 Å². The highest BCUT2D eigenvalue weighted by Gasteiger charge is 2.65. The van der Waals surface area contributed by atoms with E-state index in [-0.39, 0.29) is 111 Å². The van der Waals surface area contributed by atoms with Crippen molar-refractivity contribution in [1.82, 2.24) is 0 Å². The molecule has 16 rings (SSSR count). The lowest BCUT2D eigenvalue weighted by molar-refractivity contribution is -0.0987. The van der Waals surface area contributed by atoms with E-state index in [9.17, 15) is 0 Å². The largest absolute Gasteiger partial charge is 0.658 e. The van der Waals surface area contributed by atoms with Crippen molar-refractivity contribution in [1.29, 1.82) is 0 Å². The van der Waals surface area contributed by atoms with Gasteiger partial charge < -0.3 is 102 Å². The molecule has 608 valence electrons. The number of fused-ring (bicyclic) bond motifs is 2. The average Bonchev–Trinajstić information content (AvgIpc) is 1.60. The van der Waals surface area contributed by atoms with E-state index in [1.54, 1.807) is 0 Å². The Bertz CT molecular complexity index is 3490. The molecular formula is C79H127B11O22. The van der Waals surface area contributed by atoms with E-state index in [1.165, 1.54) is 21.9 Å². The van der Waals surface area contributed by atoms with Gasteiger partial charge in [-0.1, -0.05) is 88.4 Å². The van der Waals surface area contributed by atoms with Crippen LogP contribution >= 0.6 is 0 Å². The van der Waals surface area contributed by atoms with Crippen molar-refractivity contribution in [2.75, 3.05) is 26.4 Å². The van der Waals surface area contributed by atoms with Crippen molar-refractivity contribution in [3.05, 3.63) is 96.1 Å². The van der Waals surface area contributed by atoms with Gasteiger partial charge in [-0.05, 0) is 252 Å². The summed E-state index contributed by atoms with van der Waals surface area (Å²) < 4.78 is 129. The zero-order valence-electron chi connectivity index (χ0n) is 73.2. The summed E-state index contributed by atoms with van der Waals surface area (Å²) in [5, 5.41) is 2.79. The summed E-state index contributed by atoms with van der Waals surface area (Å²) in [7, 11) is -4.82. The summed E-state index contributed by atoms with van der Waals surface area (Å²) in [5.74, 6) is 3.24. The van der Waals surface area contributed by atoms with Gasteiger partial charge >= 0.3 is 77.2 Å². The van der Waals surface area contributed by atoms with E-state index in [0.29, 0.717) is 55.2 Å². The smallest absolute Gasteiger partial charge is 0.524 e. The Kier molecular flexibility index (Phi) is 26.1. The maximum Gasteiger partial charge on any atom is 0.658 e. The maximum atomic E-state index is 6.29. The van der Waals surface area contributed by atoms with Crippen LogP contribution in [0.2, 0.25) is 5.82 Å². The second-order valence-electron chi connectivity index (χ2n) is 40.8. The summed E-state index contributed by atoms with van der Waals surface area (Å²) in [6.07, 6.45) is 5.84. The van der Waals surface area contributed by atoms with Crippen molar-refractivity contribution in [3.63, 3.8) is 0 Å². The molecule has 0 amide bonds. The lowest BCUT2D eigenvalue weighted by atomic mass is 9.45. The molecule has 9 fully saturated rings. The van der Waals surface area contributed by atoms with Gasteiger partial charge in [-0.2, -0.15) is 0 Å². The Morgan fingerprint density at radius 1 is 0.277 bits per heavy atom. The fraction of sp³-hybridized carbons (Fsp3) is 0.722. The molecule has 0 spiro atoms.